The predicted molar refractivity (Wildman–Crippen MR) is 113 cm³/mol. The summed E-state index contributed by atoms with van der Waals surface area (Å²) >= 11 is 1.51. The number of benzene rings is 2. The van der Waals surface area contributed by atoms with E-state index >= 15 is 0 Å². The fourth-order valence-electron chi connectivity index (χ4n) is 2.78. The van der Waals surface area contributed by atoms with Gasteiger partial charge < -0.3 is 14.6 Å². The van der Waals surface area contributed by atoms with Crippen molar-refractivity contribution >= 4 is 23.4 Å². The minimum absolute atomic E-state index is 0.0371. The van der Waals surface area contributed by atoms with E-state index in [2.05, 4.69) is 36.3 Å². The fourth-order valence-corrected chi connectivity index (χ4v) is 3.67. The van der Waals surface area contributed by atoms with E-state index in [0.29, 0.717) is 5.92 Å². The molecule has 0 spiro atoms. The van der Waals surface area contributed by atoms with Crippen molar-refractivity contribution in [3.63, 3.8) is 0 Å². The number of aryl methyl sites for hydroxylation is 2. The third kappa shape index (κ3) is 4.95. The summed E-state index contributed by atoms with van der Waals surface area (Å²) in [5.74, 6) is 0.901. The van der Waals surface area contributed by atoms with Crippen molar-refractivity contribution in [3.05, 3.63) is 66.0 Å². The maximum Gasteiger partial charge on any atom is 0.262 e. The number of ether oxygens (including phenoxy) is 1. The van der Waals surface area contributed by atoms with Gasteiger partial charge in [0.15, 0.2) is 11.8 Å². The first-order valence-electron chi connectivity index (χ1n) is 9.21. The number of nitrogens with zero attached hydrogens (tertiary/aromatic N) is 2. The molecule has 1 N–H and O–H groups in total. The van der Waals surface area contributed by atoms with Gasteiger partial charge in [0, 0.05) is 24.3 Å². The third-order valence-corrected chi connectivity index (χ3v) is 5.44. The summed E-state index contributed by atoms with van der Waals surface area (Å²) < 4.78 is 7.78. The molecule has 0 aliphatic rings. The summed E-state index contributed by atoms with van der Waals surface area (Å²) in [4.78, 5) is 17.8. The van der Waals surface area contributed by atoms with Gasteiger partial charge in [-0.05, 0) is 53.9 Å². The van der Waals surface area contributed by atoms with E-state index in [1.54, 1.807) is 6.20 Å². The zero-order chi connectivity index (χ0) is 20.1. The maximum absolute atomic E-state index is 12.5. The van der Waals surface area contributed by atoms with Crippen molar-refractivity contribution in [2.75, 3.05) is 11.9 Å². The number of rotatable bonds is 7. The Labute approximate surface area is 170 Å². The SMILES string of the molecule is Cc1ccc(C(C)C)c(OCC(=O)Nc2ccccc2Sc2nccn2C)c1. The second kappa shape index (κ2) is 8.97. The van der Waals surface area contributed by atoms with E-state index in [1.165, 1.54) is 11.8 Å². The summed E-state index contributed by atoms with van der Waals surface area (Å²) in [6.45, 7) is 6.21. The summed E-state index contributed by atoms with van der Waals surface area (Å²) in [5.41, 5.74) is 2.96. The number of nitrogens with one attached hydrogen (secondary N) is 1. The summed E-state index contributed by atoms with van der Waals surface area (Å²) in [7, 11) is 1.94. The highest BCUT2D eigenvalue weighted by Gasteiger charge is 2.13. The zero-order valence-corrected chi connectivity index (χ0v) is 17.4. The van der Waals surface area contributed by atoms with Gasteiger partial charge in [-0.2, -0.15) is 0 Å². The minimum atomic E-state index is -0.191. The number of aromatic nitrogens is 2. The number of hydrogen-bond donors (Lipinski definition) is 1. The molecule has 0 unspecified atom stereocenters. The largest absolute Gasteiger partial charge is 0.483 e. The van der Waals surface area contributed by atoms with Crippen LogP contribution in [0.15, 0.2) is 64.9 Å². The number of hydrogen-bond acceptors (Lipinski definition) is 4. The second-order valence-electron chi connectivity index (χ2n) is 6.95. The lowest BCUT2D eigenvalue weighted by atomic mass is 10.0. The quantitative estimate of drug-likeness (QED) is 0.610. The third-order valence-electron chi connectivity index (χ3n) is 4.29. The molecular formula is C22H25N3O2S. The molecule has 1 heterocycles. The van der Waals surface area contributed by atoms with Gasteiger partial charge in [-0.3, -0.25) is 4.79 Å². The molecule has 0 aliphatic carbocycles. The molecule has 5 nitrogen and oxygen atoms in total. The van der Waals surface area contributed by atoms with Gasteiger partial charge in [0.05, 0.1) is 5.69 Å². The van der Waals surface area contributed by atoms with Crippen LogP contribution in [0.25, 0.3) is 0 Å². The lowest BCUT2D eigenvalue weighted by Crippen LogP contribution is -2.21. The van der Waals surface area contributed by atoms with Crippen molar-refractivity contribution in [1.82, 2.24) is 9.55 Å². The van der Waals surface area contributed by atoms with Crippen molar-refractivity contribution in [1.29, 1.82) is 0 Å². The molecule has 0 radical (unpaired) electrons. The van der Waals surface area contributed by atoms with E-state index < -0.39 is 0 Å². The Hall–Kier alpha value is -2.73. The van der Waals surface area contributed by atoms with E-state index in [4.69, 9.17) is 4.74 Å². The van der Waals surface area contributed by atoms with Crippen LogP contribution in [0.5, 0.6) is 5.75 Å². The van der Waals surface area contributed by atoms with Gasteiger partial charge in [0.2, 0.25) is 0 Å². The summed E-state index contributed by atoms with van der Waals surface area (Å²) in [6.07, 6.45) is 3.65. The molecule has 146 valence electrons. The first-order valence-corrected chi connectivity index (χ1v) is 10.0. The van der Waals surface area contributed by atoms with Gasteiger partial charge in [-0.25, -0.2) is 4.98 Å². The zero-order valence-electron chi connectivity index (χ0n) is 16.6. The average Bonchev–Trinajstić information content (AvgIpc) is 3.06. The van der Waals surface area contributed by atoms with E-state index in [0.717, 1.165) is 32.6 Å². The minimum Gasteiger partial charge on any atom is -0.483 e. The lowest BCUT2D eigenvalue weighted by molar-refractivity contribution is -0.118. The van der Waals surface area contributed by atoms with Crippen molar-refractivity contribution in [3.8, 4) is 5.75 Å². The lowest BCUT2D eigenvalue weighted by Gasteiger charge is -2.15. The van der Waals surface area contributed by atoms with Gasteiger partial charge in [-0.15, -0.1) is 0 Å². The number of para-hydroxylation sites is 1. The van der Waals surface area contributed by atoms with E-state index in [9.17, 15) is 4.79 Å². The van der Waals surface area contributed by atoms with Crippen LogP contribution in [0.4, 0.5) is 5.69 Å². The Morgan fingerprint density at radius 2 is 2.04 bits per heavy atom. The van der Waals surface area contributed by atoms with Gasteiger partial charge >= 0.3 is 0 Å². The van der Waals surface area contributed by atoms with Crippen LogP contribution in [0.2, 0.25) is 0 Å². The molecule has 28 heavy (non-hydrogen) atoms. The molecule has 1 amide bonds. The topological polar surface area (TPSA) is 56.1 Å². The molecule has 0 aliphatic heterocycles. The molecule has 1 aromatic heterocycles. The summed E-state index contributed by atoms with van der Waals surface area (Å²) in [5, 5.41) is 3.81. The molecule has 0 atom stereocenters. The second-order valence-corrected chi connectivity index (χ2v) is 7.96. The summed E-state index contributed by atoms with van der Waals surface area (Å²) in [6, 6.07) is 13.8. The standard InChI is InChI=1S/C22H25N3O2S/c1-15(2)17-10-9-16(3)13-19(17)27-14-21(26)24-18-7-5-6-8-20(18)28-22-23-11-12-25(22)4/h5-13,15H,14H2,1-4H3,(H,24,26). The number of carbonyl (C=O) groups is 1. The van der Waals surface area contributed by atoms with Crippen molar-refractivity contribution < 1.29 is 9.53 Å². The highest BCUT2D eigenvalue weighted by atomic mass is 32.2. The predicted octanol–water partition coefficient (Wildman–Crippen LogP) is 5.02. The molecule has 0 bridgehead atoms. The maximum atomic E-state index is 12.5. The Kier molecular flexibility index (Phi) is 6.41. The first-order chi connectivity index (χ1) is 13.4. The molecule has 0 fully saturated rings. The molecule has 0 saturated heterocycles. The average molecular weight is 396 g/mol. The van der Waals surface area contributed by atoms with Crippen LogP contribution in [0, 0.1) is 6.92 Å². The van der Waals surface area contributed by atoms with Gasteiger partial charge in [0.25, 0.3) is 5.91 Å². The Balaban J connectivity index is 1.68. The van der Waals surface area contributed by atoms with Crippen LogP contribution < -0.4 is 10.1 Å². The normalized spacial score (nSPS) is 10.9. The van der Waals surface area contributed by atoms with Gasteiger partial charge in [-0.1, -0.05) is 38.1 Å². The van der Waals surface area contributed by atoms with Crippen LogP contribution in [-0.2, 0) is 11.8 Å². The molecular weight excluding hydrogens is 370 g/mol. The monoisotopic (exact) mass is 395 g/mol. The Morgan fingerprint density at radius 3 is 2.75 bits per heavy atom. The van der Waals surface area contributed by atoms with Crippen molar-refractivity contribution in [2.45, 2.75) is 36.7 Å². The highest BCUT2D eigenvalue weighted by molar-refractivity contribution is 7.99. The Morgan fingerprint density at radius 1 is 1.25 bits per heavy atom. The van der Waals surface area contributed by atoms with E-state index in [-0.39, 0.29) is 12.5 Å². The van der Waals surface area contributed by atoms with Crippen LogP contribution in [0.3, 0.4) is 0 Å². The van der Waals surface area contributed by atoms with Crippen LogP contribution in [-0.4, -0.2) is 22.1 Å². The number of amides is 1. The smallest absolute Gasteiger partial charge is 0.262 e. The highest BCUT2D eigenvalue weighted by Crippen LogP contribution is 2.32. The number of imidazole rings is 1. The fraction of sp³-hybridized carbons (Fsp3) is 0.273. The molecule has 3 rings (SSSR count). The number of carbonyl (C=O) groups excluding carboxylic acids is 1. The van der Waals surface area contributed by atoms with Crippen molar-refractivity contribution in [2.24, 2.45) is 7.05 Å². The molecule has 0 saturated carbocycles. The van der Waals surface area contributed by atoms with Crippen LogP contribution >= 0.6 is 11.8 Å². The molecule has 3 aromatic rings. The number of anilines is 1. The Bertz CT molecular complexity index is 966. The first kappa shape index (κ1) is 20.0. The van der Waals surface area contributed by atoms with Crippen LogP contribution in [0.1, 0.15) is 30.9 Å². The van der Waals surface area contributed by atoms with E-state index in [1.807, 2.05) is 55.1 Å². The molecule has 2 aromatic carbocycles. The van der Waals surface area contributed by atoms with Gasteiger partial charge in [0.1, 0.15) is 5.75 Å². The molecule has 6 heteroatoms.